The third-order valence-electron chi connectivity index (χ3n) is 5.34. The fraction of sp³-hybridized carbons (Fsp3) is 0.722. The van der Waals surface area contributed by atoms with Crippen molar-refractivity contribution in [3.63, 3.8) is 0 Å². The lowest BCUT2D eigenvalue weighted by Gasteiger charge is -2.48. The minimum absolute atomic E-state index is 0.300. The predicted octanol–water partition coefficient (Wildman–Crippen LogP) is 2.51. The maximum atomic E-state index is 5.63. The molecule has 0 aromatic carbocycles. The van der Waals surface area contributed by atoms with E-state index in [1.165, 1.54) is 37.9 Å². The highest BCUT2D eigenvalue weighted by Crippen LogP contribution is 2.30. The number of nitrogens with zero attached hydrogens (tertiary/aromatic N) is 2. The smallest absolute Gasteiger partial charge is 0.0484 e. The molecule has 2 aliphatic heterocycles. The molecule has 0 saturated carbocycles. The molecule has 0 spiro atoms. The summed E-state index contributed by atoms with van der Waals surface area (Å²) in [5.74, 6) is 0. The Hall–Kier alpha value is -0.970. The molecule has 122 valence electrons. The number of nitrogens with one attached hydrogen (secondary N) is 1. The zero-order chi connectivity index (χ0) is 15.3. The number of ether oxygens (including phenoxy) is 1. The molecule has 3 rings (SSSR count). The molecule has 1 N–H and O–H groups in total. The molecule has 0 radical (unpaired) electrons. The first-order valence-corrected chi connectivity index (χ1v) is 8.74. The van der Waals surface area contributed by atoms with Gasteiger partial charge in [0, 0.05) is 43.7 Å². The maximum absolute atomic E-state index is 5.63. The van der Waals surface area contributed by atoms with E-state index in [2.05, 4.69) is 28.2 Å². The highest BCUT2D eigenvalue weighted by Gasteiger charge is 2.38. The molecular weight excluding hydrogens is 274 g/mol. The van der Waals surface area contributed by atoms with Crippen molar-refractivity contribution in [3.05, 3.63) is 29.6 Å². The average molecular weight is 303 g/mol. The molecule has 2 aliphatic rings. The Bertz CT molecular complexity index is 465. The highest BCUT2D eigenvalue weighted by molar-refractivity contribution is 5.18. The van der Waals surface area contributed by atoms with Crippen LogP contribution in [0.4, 0.5) is 0 Å². The molecule has 2 fully saturated rings. The van der Waals surface area contributed by atoms with Gasteiger partial charge in [-0.2, -0.15) is 0 Å². The minimum atomic E-state index is 0.300. The van der Waals surface area contributed by atoms with E-state index >= 15 is 0 Å². The van der Waals surface area contributed by atoms with Gasteiger partial charge in [0.15, 0.2) is 0 Å². The first-order valence-electron chi connectivity index (χ1n) is 8.74. The molecule has 0 bridgehead atoms. The van der Waals surface area contributed by atoms with E-state index in [-0.39, 0.29) is 0 Å². The van der Waals surface area contributed by atoms with Crippen molar-refractivity contribution >= 4 is 0 Å². The van der Waals surface area contributed by atoms with E-state index in [1.54, 1.807) is 0 Å². The largest absolute Gasteiger partial charge is 0.381 e. The van der Waals surface area contributed by atoms with Crippen molar-refractivity contribution in [3.8, 4) is 0 Å². The van der Waals surface area contributed by atoms with E-state index in [0.717, 1.165) is 44.8 Å². The van der Waals surface area contributed by atoms with Crippen LogP contribution in [0.5, 0.6) is 0 Å². The topological polar surface area (TPSA) is 37.4 Å². The Labute approximate surface area is 134 Å². The third kappa shape index (κ3) is 3.67. The number of hydrogen-bond donors (Lipinski definition) is 1. The fourth-order valence-electron chi connectivity index (χ4n) is 3.86. The van der Waals surface area contributed by atoms with Crippen LogP contribution in [0.1, 0.15) is 43.4 Å². The summed E-state index contributed by atoms with van der Waals surface area (Å²) >= 11 is 0. The van der Waals surface area contributed by atoms with Crippen LogP contribution < -0.4 is 5.32 Å². The Kier molecular flexibility index (Phi) is 5.45. The van der Waals surface area contributed by atoms with Crippen molar-refractivity contribution in [2.24, 2.45) is 0 Å². The lowest BCUT2D eigenvalue weighted by molar-refractivity contribution is -0.0358. The molecule has 1 aromatic heterocycles. The number of rotatable bonds is 5. The monoisotopic (exact) mass is 303 g/mol. The van der Waals surface area contributed by atoms with Crippen molar-refractivity contribution in [1.82, 2.24) is 15.2 Å². The Morgan fingerprint density at radius 1 is 1.23 bits per heavy atom. The maximum Gasteiger partial charge on any atom is 0.0484 e. The van der Waals surface area contributed by atoms with Gasteiger partial charge in [0.05, 0.1) is 0 Å². The van der Waals surface area contributed by atoms with Gasteiger partial charge < -0.3 is 10.1 Å². The summed E-state index contributed by atoms with van der Waals surface area (Å²) in [4.78, 5) is 7.12. The Morgan fingerprint density at radius 2 is 2.00 bits per heavy atom. The number of aryl methyl sites for hydroxylation is 1. The number of hydrogen-bond acceptors (Lipinski definition) is 4. The molecule has 2 saturated heterocycles. The van der Waals surface area contributed by atoms with Crippen molar-refractivity contribution in [1.29, 1.82) is 0 Å². The lowest BCUT2D eigenvalue weighted by Crippen LogP contribution is -2.59. The molecule has 0 atom stereocenters. The molecule has 4 heteroatoms. The van der Waals surface area contributed by atoms with Gasteiger partial charge in [-0.05, 0) is 57.3 Å². The van der Waals surface area contributed by atoms with E-state index in [9.17, 15) is 0 Å². The van der Waals surface area contributed by atoms with Gasteiger partial charge >= 0.3 is 0 Å². The first-order chi connectivity index (χ1) is 10.8. The second-order valence-electron chi connectivity index (χ2n) is 6.74. The normalized spacial score (nSPS) is 22.6. The van der Waals surface area contributed by atoms with Gasteiger partial charge in [-0.25, -0.2) is 0 Å². The van der Waals surface area contributed by atoms with Crippen molar-refractivity contribution < 1.29 is 4.74 Å². The average Bonchev–Trinajstić information content (AvgIpc) is 2.58. The van der Waals surface area contributed by atoms with Gasteiger partial charge in [0.2, 0.25) is 0 Å². The zero-order valence-corrected chi connectivity index (χ0v) is 13.8. The summed E-state index contributed by atoms with van der Waals surface area (Å²) in [6, 6.07) is 4.20. The standard InChI is InChI=1S/C18H29N3O/c1-16-17(6-5-9-20-16)14-19-15-18(7-12-22-13-8-18)21-10-3-2-4-11-21/h5-6,9,19H,2-4,7-8,10-15H2,1H3. The van der Waals surface area contributed by atoms with E-state index < -0.39 is 0 Å². The zero-order valence-electron chi connectivity index (χ0n) is 13.8. The fourth-order valence-corrected chi connectivity index (χ4v) is 3.86. The molecule has 0 amide bonds. The lowest BCUT2D eigenvalue weighted by atomic mass is 9.86. The second kappa shape index (κ2) is 7.53. The molecule has 1 aromatic rings. The van der Waals surface area contributed by atoms with Crippen LogP contribution in [-0.2, 0) is 11.3 Å². The van der Waals surface area contributed by atoms with Gasteiger partial charge in [0.25, 0.3) is 0 Å². The summed E-state index contributed by atoms with van der Waals surface area (Å²) in [5.41, 5.74) is 2.74. The number of likely N-dealkylation sites (tertiary alicyclic amines) is 1. The number of aromatic nitrogens is 1. The van der Waals surface area contributed by atoms with Crippen molar-refractivity contribution in [2.75, 3.05) is 32.8 Å². The van der Waals surface area contributed by atoms with Gasteiger partial charge in [-0.1, -0.05) is 12.5 Å². The molecule has 0 aliphatic carbocycles. The SMILES string of the molecule is Cc1ncccc1CNCC1(N2CCCCC2)CCOCC1. The van der Waals surface area contributed by atoms with E-state index in [0.29, 0.717) is 5.54 Å². The van der Waals surface area contributed by atoms with Crippen LogP contribution in [0.2, 0.25) is 0 Å². The number of piperidine rings is 1. The summed E-state index contributed by atoms with van der Waals surface area (Å²) in [6.07, 6.45) is 8.28. The van der Waals surface area contributed by atoms with Crippen LogP contribution >= 0.6 is 0 Å². The highest BCUT2D eigenvalue weighted by atomic mass is 16.5. The Balaban J connectivity index is 1.61. The van der Waals surface area contributed by atoms with Crippen LogP contribution in [0.3, 0.4) is 0 Å². The third-order valence-corrected chi connectivity index (χ3v) is 5.34. The number of pyridine rings is 1. The van der Waals surface area contributed by atoms with Gasteiger partial charge in [0.1, 0.15) is 0 Å². The summed E-state index contributed by atoms with van der Waals surface area (Å²) in [5, 5.41) is 3.71. The summed E-state index contributed by atoms with van der Waals surface area (Å²) in [6.45, 7) is 8.39. The summed E-state index contributed by atoms with van der Waals surface area (Å²) in [7, 11) is 0. The van der Waals surface area contributed by atoms with Gasteiger partial charge in [-0.3, -0.25) is 9.88 Å². The molecule has 0 unspecified atom stereocenters. The Morgan fingerprint density at radius 3 is 2.73 bits per heavy atom. The quantitative estimate of drug-likeness (QED) is 0.907. The van der Waals surface area contributed by atoms with E-state index in [4.69, 9.17) is 4.74 Å². The van der Waals surface area contributed by atoms with Crippen LogP contribution in [0, 0.1) is 6.92 Å². The van der Waals surface area contributed by atoms with Crippen molar-refractivity contribution in [2.45, 2.75) is 51.1 Å². The van der Waals surface area contributed by atoms with Gasteiger partial charge in [-0.15, -0.1) is 0 Å². The molecule has 3 heterocycles. The summed E-state index contributed by atoms with van der Waals surface area (Å²) < 4.78 is 5.63. The van der Waals surface area contributed by atoms with Crippen LogP contribution in [-0.4, -0.2) is 48.3 Å². The first kappa shape index (κ1) is 15.9. The molecular formula is C18H29N3O. The van der Waals surface area contributed by atoms with E-state index in [1.807, 2.05) is 12.3 Å². The minimum Gasteiger partial charge on any atom is -0.381 e. The van der Waals surface area contributed by atoms with Crippen LogP contribution in [0.25, 0.3) is 0 Å². The molecule has 22 heavy (non-hydrogen) atoms. The predicted molar refractivity (Wildman–Crippen MR) is 88.9 cm³/mol. The second-order valence-corrected chi connectivity index (χ2v) is 6.74. The van der Waals surface area contributed by atoms with Crippen LogP contribution in [0.15, 0.2) is 18.3 Å². The molecule has 4 nitrogen and oxygen atoms in total.